The molecule has 6 aromatic carbocycles. The van der Waals surface area contributed by atoms with Crippen LogP contribution in [0, 0.1) is 0 Å². The first-order valence-corrected chi connectivity index (χ1v) is 13.1. The number of aromatic nitrogens is 2. The molecule has 2 heteroatoms. The highest BCUT2D eigenvalue weighted by molar-refractivity contribution is 6.24. The molecule has 0 spiro atoms. The lowest BCUT2D eigenvalue weighted by Crippen LogP contribution is -1.92. The van der Waals surface area contributed by atoms with Crippen LogP contribution < -0.4 is 0 Å². The Kier molecular flexibility index (Phi) is 3.82. The zero-order chi connectivity index (χ0) is 24.8. The minimum Gasteiger partial charge on any atom is -0.307 e. The Morgan fingerprint density at radius 3 is 1.13 bits per heavy atom. The van der Waals surface area contributed by atoms with E-state index in [9.17, 15) is 0 Å². The van der Waals surface area contributed by atoms with E-state index < -0.39 is 0 Å². The molecule has 3 heterocycles. The van der Waals surface area contributed by atoms with Crippen molar-refractivity contribution in [1.29, 1.82) is 0 Å². The van der Waals surface area contributed by atoms with E-state index in [0.29, 0.717) is 0 Å². The molecule has 176 valence electrons. The van der Waals surface area contributed by atoms with Gasteiger partial charge in [0.25, 0.3) is 0 Å². The second kappa shape index (κ2) is 7.24. The van der Waals surface area contributed by atoms with Crippen LogP contribution in [0.4, 0.5) is 0 Å². The summed E-state index contributed by atoms with van der Waals surface area (Å²) >= 11 is 0. The van der Waals surface area contributed by atoms with Crippen LogP contribution in [-0.2, 0) is 0 Å². The molecule has 0 aliphatic rings. The highest BCUT2D eigenvalue weighted by Crippen LogP contribution is 2.39. The quantitative estimate of drug-likeness (QED) is 0.203. The van der Waals surface area contributed by atoms with Gasteiger partial charge in [-0.2, -0.15) is 0 Å². The lowest BCUT2D eigenvalue weighted by molar-refractivity contribution is 1.30. The van der Waals surface area contributed by atoms with Gasteiger partial charge in [-0.25, -0.2) is 0 Å². The number of rotatable bonds is 0. The monoisotopic (exact) mass is 482 g/mol. The average Bonchev–Trinajstić information content (AvgIpc) is 3.50. The second-order valence-corrected chi connectivity index (χ2v) is 10.1. The molecule has 0 amide bonds. The van der Waals surface area contributed by atoms with E-state index in [1.54, 1.807) is 0 Å². The third kappa shape index (κ3) is 2.42. The van der Waals surface area contributed by atoms with Crippen LogP contribution in [-0.4, -0.2) is 8.80 Å². The maximum absolute atomic E-state index is 2.50. The fraction of sp³-hybridized carbons (Fsp3) is 0. The van der Waals surface area contributed by atoms with Gasteiger partial charge in [0.1, 0.15) is 0 Å². The van der Waals surface area contributed by atoms with Gasteiger partial charge in [0.05, 0.1) is 33.1 Å². The highest BCUT2D eigenvalue weighted by atomic mass is 15.0. The van der Waals surface area contributed by atoms with Crippen LogP contribution >= 0.6 is 0 Å². The third-order valence-electron chi connectivity index (χ3n) is 8.26. The van der Waals surface area contributed by atoms with Gasteiger partial charge in [0, 0.05) is 32.3 Å². The van der Waals surface area contributed by atoms with Crippen LogP contribution in [0.15, 0.2) is 133 Å². The summed E-state index contributed by atoms with van der Waals surface area (Å²) in [5, 5.41) is 10.1. The molecule has 0 radical (unpaired) electrons. The van der Waals surface area contributed by atoms with Crippen molar-refractivity contribution in [2.75, 3.05) is 0 Å². The summed E-state index contributed by atoms with van der Waals surface area (Å²) in [6.07, 6.45) is 0. The Morgan fingerprint density at radius 2 is 0.553 bits per heavy atom. The molecule has 0 N–H and O–H groups in total. The summed E-state index contributed by atoms with van der Waals surface area (Å²) in [6, 6.07) is 48.9. The van der Waals surface area contributed by atoms with Gasteiger partial charge in [-0.05, 0) is 35.0 Å². The van der Waals surface area contributed by atoms with Gasteiger partial charge >= 0.3 is 0 Å². The number of para-hydroxylation sites is 5. The standard InChI is InChI=1S/C36H22N2/c1-2-12-24-23(11-1)25-13-3-6-19-31(25)37-32-20-7-5-15-27(32)30-18-10-22-34(36(30)37)38-33-21-8-4-14-26(33)29-17-9-16-28(24)35(29)38/h1-22H. The SMILES string of the molecule is c1ccc2c(c1)c1ccccc1n1c3ccccc3c3cccc(c31)n1c3ccccc3c3cccc2c31. The molecule has 0 aliphatic heterocycles. The average molecular weight is 483 g/mol. The van der Waals surface area contributed by atoms with Crippen molar-refractivity contribution in [2.24, 2.45) is 0 Å². The van der Waals surface area contributed by atoms with Gasteiger partial charge in [0.15, 0.2) is 0 Å². The largest absolute Gasteiger partial charge is 0.307 e. The zero-order valence-electron chi connectivity index (χ0n) is 20.6. The van der Waals surface area contributed by atoms with Crippen molar-refractivity contribution < 1.29 is 0 Å². The number of hydrogen-bond acceptors (Lipinski definition) is 0. The van der Waals surface area contributed by atoms with Gasteiger partial charge in [-0.3, -0.25) is 0 Å². The van der Waals surface area contributed by atoms with Crippen LogP contribution in [0.3, 0.4) is 0 Å². The summed E-state index contributed by atoms with van der Waals surface area (Å²) in [5.74, 6) is 0. The Balaban J connectivity index is 1.83. The first-order valence-electron chi connectivity index (χ1n) is 13.1. The predicted octanol–water partition coefficient (Wildman–Crippen LogP) is 9.67. The molecule has 2 nitrogen and oxygen atoms in total. The molecular weight excluding hydrogens is 460 g/mol. The lowest BCUT2D eigenvalue weighted by Gasteiger charge is -2.10. The summed E-state index contributed by atoms with van der Waals surface area (Å²) in [5.41, 5.74) is 7.34. The Bertz CT molecular complexity index is 2450. The molecule has 0 bridgehead atoms. The fourth-order valence-corrected chi connectivity index (χ4v) is 6.77. The van der Waals surface area contributed by atoms with Crippen LogP contribution in [0.1, 0.15) is 0 Å². The summed E-state index contributed by atoms with van der Waals surface area (Å²) < 4.78 is 4.99. The normalized spacial score (nSPS) is 12.2. The number of nitrogens with zero attached hydrogens (tertiary/aromatic N) is 2. The van der Waals surface area contributed by atoms with Crippen molar-refractivity contribution in [3.63, 3.8) is 0 Å². The highest BCUT2D eigenvalue weighted by Gasteiger charge is 2.17. The minimum absolute atomic E-state index is 1.20. The van der Waals surface area contributed by atoms with E-state index >= 15 is 0 Å². The molecule has 9 rings (SSSR count). The number of fused-ring (bicyclic) bond motifs is 12. The van der Waals surface area contributed by atoms with Crippen LogP contribution in [0.2, 0.25) is 0 Å². The predicted molar refractivity (Wildman–Crippen MR) is 162 cm³/mol. The molecule has 3 aromatic heterocycles. The first-order chi connectivity index (χ1) is 18.9. The van der Waals surface area contributed by atoms with Crippen LogP contribution in [0.5, 0.6) is 0 Å². The zero-order valence-corrected chi connectivity index (χ0v) is 20.6. The van der Waals surface area contributed by atoms with E-state index in [4.69, 9.17) is 0 Å². The fourth-order valence-electron chi connectivity index (χ4n) is 6.77. The number of hydrogen-bond donors (Lipinski definition) is 0. The van der Waals surface area contributed by atoms with E-state index in [-0.39, 0.29) is 0 Å². The molecule has 9 aromatic rings. The molecule has 0 fully saturated rings. The van der Waals surface area contributed by atoms with E-state index in [1.807, 2.05) is 0 Å². The molecule has 0 unspecified atom stereocenters. The van der Waals surface area contributed by atoms with Gasteiger partial charge < -0.3 is 8.80 Å². The summed E-state index contributed by atoms with van der Waals surface area (Å²) in [4.78, 5) is 0. The number of benzene rings is 6. The van der Waals surface area contributed by atoms with Crippen molar-refractivity contribution in [2.45, 2.75) is 0 Å². The van der Waals surface area contributed by atoms with E-state index in [1.165, 1.54) is 76.2 Å². The molecular formula is C36H22N2. The summed E-state index contributed by atoms with van der Waals surface area (Å²) in [7, 11) is 0. The Hall–Kier alpha value is -5.08. The van der Waals surface area contributed by atoms with Gasteiger partial charge in [-0.15, -0.1) is 0 Å². The first kappa shape index (κ1) is 20.0. The lowest BCUT2D eigenvalue weighted by atomic mass is 10.0. The molecule has 0 atom stereocenters. The third-order valence-corrected chi connectivity index (χ3v) is 8.26. The molecule has 38 heavy (non-hydrogen) atoms. The minimum atomic E-state index is 1.20. The van der Waals surface area contributed by atoms with Crippen molar-refractivity contribution >= 4 is 76.2 Å². The Labute approximate surface area is 218 Å². The maximum atomic E-state index is 2.50. The van der Waals surface area contributed by atoms with Gasteiger partial charge in [0.2, 0.25) is 0 Å². The molecule has 0 aliphatic carbocycles. The van der Waals surface area contributed by atoms with Gasteiger partial charge in [-0.1, -0.05) is 109 Å². The van der Waals surface area contributed by atoms with Crippen molar-refractivity contribution in [1.82, 2.24) is 8.80 Å². The Morgan fingerprint density at radius 1 is 0.237 bits per heavy atom. The summed E-state index contributed by atoms with van der Waals surface area (Å²) in [6.45, 7) is 0. The molecule has 0 saturated heterocycles. The van der Waals surface area contributed by atoms with E-state index in [2.05, 4.69) is 142 Å². The van der Waals surface area contributed by atoms with Crippen molar-refractivity contribution in [3.05, 3.63) is 133 Å². The van der Waals surface area contributed by atoms with Crippen LogP contribution in [0.25, 0.3) is 76.2 Å². The maximum Gasteiger partial charge on any atom is 0.0782 e. The smallest absolute Gasteiger partial charge is 0.0782 e. The topological polar surface area (TPSA) is 8.82 Å². The molecule has 0 saturated carbocycles. The van der Waals surface area contributed by atoms with E-state index in [0.717, 1.165) is 0 Å². The second-order valence-electron chi connectivity index (χ2n) is 10.1. The van der Waals surface area contributed by atoms with Crippen molar-refractivity contribution in [3.8, 4) is 0 Å².